The molecule has 0 aliphatic rings. The number of benzene rings is 1. The normalized spacial score (nSPS) is 12.7. The molecular weight excluding hydrogens is 398 g/mol. The highest BCUT2D eigenvalue weighted by Crippen LogP contribution is 2.33. The van der Waals surface area contributed by atoms with Crippen molar-refractivity contribution in [3.63, 3.8) is 0 Å². The van der Waals surface area contributed by atoms with Crippen LogP contribution in [0.25, 0.3) is 0 Å². The van der Waals surface area contributed by atoms with Gasteiger partial charge in [0, 0.05) is 4.47 Å². The second-order valence-corrected chi connectivity index (χ2v) is 8.17. The lowest BCUT2D eigenvalue weighted by Crippen LogP contribution is -2.23. The van der Waals surface area contributed by atoms with Crippen LogP contribution in [0.2, 0.25) is 0 Å². The molecule has 108 valence electrons. The van der Waals surface area contributed by atoms with E-state index in [1.54, 1.807) is 11.3 Å². The quantitative estimate of drug-likeness (QED) is 0.632. The number of nitrogens with one attached hydrogen (secondary N) is 1. The van der Waals surface area contributed by atoms with Crippen molar-refractivity contribution >= 4 is 43.2 Å². The average molecular weight is 417 g/mol. The summed E-state index contributed by atoms with van der Waals surface area (Å²) >= 11 is 8.93. The lowest BCUT2D eigenvalue weighted by atomic mass is 9.95. The minimum absolute atomic E-state index is 0.268. The lowest BCUT2D eigenvalue weighted by molar-refractivity contribution is 0.597. The average Bonchev–Trinajstić information content (AvgIpc) is 2.82. The number of halogens is 2. The number of hydrogen-bond acceptors (Lipinski definition) is 2. The molecule has 0 aliphatic heterocycles. The summed E-state index contributed by atoms with van der Waals surface area (Å²) < 4.78 is 2.36. The Hall–Kier alpha value is -0.160. The number of thiophene rings is 1. The van der Waals surface area contributed by atoms with E-state index >= 15 is 0 Å². The zero-order chi connectivity index (χ0) is 14.7. The van der Waals surface area contributed by atoms with Gasteiger partial charge in [-0.15, -0.1) is 11.3 Å². The standard InChI is InChI=1S/C16H19Br2NS/c1-4-5-19-16(12-8-15(18)20-9-12)13-6-11(3)14(17)7-10(13)2/h6-9,16,19H,4-5H2,1-3H3. The molecule has 4 heteroatoms. The Balaban J connectivity index is 2.43. The van der Waals surface area contributed by atoms with Crippen molar-refractivity contribution < 1.29 is 0 Å². The molecule has 1 heterocycles. The molecule has 2 rings (SSSR count). The number of hydrogen-bond donors (Lipinski definition) is 1. The van der Waals surface area contributed by atoms with E-state index < -0.39 is 0 Å². The van der Waals surface area contributed by atoms with Gasteiger partial charge in [-0.05, 0) is 82.5 Å². The van der Waals surface area contributed by atoms with Crippen LogP contribution in [-0.2, 0) is 0 Å². The second kappa shape index (κ2) is 7.21. The first-order valence-electron chi connectivity index (χ1n) is 6.77. The van der Waals surface area contributed by atoms with Gasteiger partial charge in [-0.25, -0.2) is 0 Å². The highest BCUT2D eigenvalue weighted by atomic mass is 79.9. The van der Waals surface area contributed by atoms with E-state index in [4.69, 9.17) is 0 Å². The van der Waals surface area contributed by atoms with Gasteiger partial charge in [0.05, 0.1) is 9.83 Å². The summed E-state index contributed by atoms with van der Waals surface area (Å²) in [6.07, 6.45) is 1.14. The summed E-state index contributed by atoms with van der Waals surface area (Å²) in [4.78, 5) is 0. The summed E-state index contributed by atoms with van der Waals surface area (Å²) in [6.45, 7) is 7.55. The number of aryl methyl sites for hydroxylation is 2. The molecule has 1 atom stereocenters. The Bertz CT molecular complexity index is 592. The molecule has 0 fully saturated rings. The molecule has 0 amide bonds. The van der Waals surface area contributed by atoms with Crippen LogP contribution in [-0.4, -0.2) is 6.54 Å². The first-order chi connectivity index (χ1) is 9.52. The van der Waals surface area contributed by atoms with E-state index in [9.17, 15) is 0 Å². The van der Waals surface area contributed by atoms with Crippen LogP contribution in [0.4, 0.5) is 0 Å². The van der Waals surface area contributed by atoms with E-state index in [1.165, 1.54) is 30.5 Å². The van der Waals surface area contributed by atoms with E-state index in [0.29, 0.717) is 0 Å². The maximum atomic E-state index is 3.67. The van der Waals surface area contributed by atoms with Crippen molar-refractivity contribution in [2.45, 2.75) is 33.2 Å². The van der Waals surface area contributed by atoms with Gasteiger partial charge in [0.1, 0.15) is 0 Å². The molecule has 0 spiro atoms. The van der Waals surface area contributed by atoms with Gasteiger partial charge >= 0.3 is 0 Å². The second-order valence-electron chi connectivity index (χ2n) is 5.03. The van der Waals surface area contributed by atoms with Crippen LogP contribution in [0.15, 0.2) is 31.8 Å². The zero-order valence-corrected chi connectivity index (χ0v) is 16.0. The molecule has 1 N–H and O–H groups in total. The van der Waals surface area contributed by atoms with Gasteiger partial charge in [0.15, 0.2) is 0 Å². The molecular formula is C16H19Br2NS. The van der Waals surface area contributed by atoms with E-state index in [0.717, 1.165) is 13.0 Å². The van der Waals surface area contributed by atoms with Gasteiger partial charge in [-0.3, -0.25) is 0 Å². The summed E-state index contributed by atoms with van der Waals surface area (Å²) in [5.74, 6) is 0. The maximum Gasteiger partial charge on any atom is 0.0701 e. The number of rotatable bonds is 5. The predicted octanol–water partition coefficient (Wildman–Crippen LogP) is 5.98. The molecule has 1 unspecified atom stereocenters. The predicted molar refractivity (Wildman–Crippen MR) is 95.8 cm³/mol. The van der Waals surface area contributed by atoms with Gasteiger partial charge in [0.2, 0.25) is 0 Å². The molecule has 1 aromatic carbocycles. The highest BCUT2D eigenvalue weighted by molar-refractivity contribution is 9.11. The van der Waals surface area contributed by atoms with Gasteiger partial charge in [0.25, 0.3) is 0 Å². The summed E-state index contributed by atoms with van der Waals surface area (Å²) in [7, 11) is 0. The smallest absolute Gasteiger partial charge is 0.0701 e. The van der Waals surface area contributed by atoms with Crippen LogP contribution >= 0.6 is 43.2 Å². The van der Waals surface area contributed by atoms with Crippen LogP contribution in [0.3, 0.4) is 0 Å². The fourth-order valence-electron chi connectivity index (χ4n) is 2.29. The molecule has 0 aliphatic carbocycles. The monoisotopic (exact) mass is 415 g/mol. The Morgan fingerprint density at radius 3 is 2.50 bits per heavy atom. The minimum Gasteiger partial charge on any atom is -0.306 e. The van der Waals surface area contributed by atoms with Crippen molar-refractivity contribution in [2.75, 3.05) is 6.54 Å². The van der Waals surface area contributed by atoms with Gasteiger partial charge in [-0.2, -0.15) is 0 Å². The highest BCUT2D eigenvalue weighted by Gasteiger charge is 2.17. The molecule has 1 aromatic heterocycles. The summed E-state index contributed by atoms with van der Waals surface area (Å²) in [6, 6.07) is 6.99. The first kappa shape index (κ1) is 16.2. The molecule has 1 nitrogen and oxygen atoms in total. The van der Waals surface area contributed by atoms with Crippen LogP contribution in [0.1, 0.15) is 41.6 Å². The fourth-order valence-corrected chi connectivity index (χ4v) is 3.94. The molecule has 20 heavy (non-hydrogen) atoms. The van der Waals surface area contributed by atoms with Crippen molar-refractivity contribution in [1.82, 2.24) is 5.32 Å². The first-order valence-corrected chi connectivity index (χ1v) is 9.23. The Kier molecular flexibility index (Phi) is 5.84. The topological polar surface area (TPSA) is 12.0 Å². The third kappa shape index (κ3) is 3.73. The Labute approximate surface area is 142 Å². The van der Waals surface area contributed by atoms with Crippen molar-refractivity contribution in [3.8, 4) is 0 Å². The summed E-state index contributed by atoms with van der Waals surface area (Å²) in [5, 5.41) is 5.90. The third-order valence-corrected chi connectivity index (χ3v) is 5.75. The molecule has 0 saturated carbocycles. The molecule has 0 radical (unpaired) electrons. The largest absolute Gasteiger partial charge is 0.306 e. The van der Waals surface area contributed by atoms with E-state index in [-0.39, 0.29) is 6.04 Å². The molecule has 0 saturated heterocycles. The Morgan fingerprint density at radius 1 is 1.15 bits per heavy atom. The van der Waals surface area contributed by atoms with Crippen LogP contribution in [0, 0.1) is 13.8 Å². The van der Waals surface area contributed by atoms with Crippen molar-refractivity contribution in [1.29, 1.82) is 0 Å². The Morgan fingerprint density at radius 2 is 1.90 bits per heavy atom. The summed E-state index contributed by atoms with van der Waals surface area (Å²) in [5.41, 5.74) is 5.30. The van der Waals surface area contributed by atoms with Crippen molar-refractivity contribution in [2.24, 2.45) is 0 Å². The van der Waals surface area contributed by atoms with Crippen LogP contribution in [0.5, 0.6) is 0 Å². The maximum absolute atomic E-state index is 3.67. The SMILES string of the molecule is CCCNC(c1csc(Br)c1)c1cc(C)c(Br)cc1C. The van der Waals surface area contributed by atoms with Gasteiger partial charge < -0.3 is 5.32 Å². The van der Waals surface area contributed by atoms with Gasteiger partial charge in [-0.1, -0.05) is 28.9 Å². The molecule has 2 aromatic rings. The lowest BCUT2D eigenvalue weighted by Gasteiger charge is -2.21. The van der Waals surface area contributed by atoms with Crippen LogP contribution < -0.4 is 5.32 Å². The molecule has 0 bridgehead atoms. The fraction of sp³-hybridized carbons (Fsp3) is 0.375. The zero-order valence-electron chi connectivity index (χ0n) is 12.0. The van der Waals surface area contributed by atoms with Crippen molar-refractivity contribution in [3.05, 3.63) is 54.1 Å². The third-order valence-electron chi connectivity index (χ3n) is 3.38. The minimum atomic E-state index is 0.268. The van der Waals surface area contributed by atoms with E-state index in [2.05, 4.69) is 81.5 Å². The van der Waals surface area contributed by atoms with E-state index in [1.807, 2.05) is 0 Å².